The molecule has 0 atom stereocenters. The predicted octanol–water partition coefficient (Wildman–Crippen LogP) is 4.12. The van der Waals surface area contributed by atoms with Gasteiger partial charge in [-0.1, -0.05) is 18.2 Å². The second-order valence-corrected chi connectivity index (χ2v) is 6.83. The molecule has 29 heavy (non-hydrogen) atoms. The number of anilines is 2. The minimum absolute atomic E-state index is 0.121. The van der Waals surface area contributed by atoms with Gasteiger partial charge < -0.3 is 15.4 Å². The van der Waals surface area contributed by atoms with Crippen molar-refractivity contribution in [2.24, 2.45) is 0 Å². The number of nitrogens with one attached hydrogen (secondary N) is 2. The van der Waals surface area contributed by atoms with Crippen LogP contribution in [0.25, 0.3) is 0 Å². The third-order valence-corrected chi connectivity index (χ3v) is 4.33. The van der Waals surface area contributed by atoms with Gasteiger partial charge in [-0.25, -0.2) is 15.0 Å². The zero-order chi connectivity index (χ0) is 21.0. The molecule has 3 aromatic rings. The number of aryl methyl sites for hydroxylation is 2. The molecular formula is C18H16F3N5O2S. The van der Waals surface area contributed by atoms with E-state index in [1.165, 1.54) is 34.9 Å². The lowest BCUT2D eigenvalue weighted by atomic mass is 10.2. The monoisotopic (exact) mass is 423 g/mol. The summed E-state index contributed by atoms with van der Waals surface area (Å²) >= 11 is 1.18. The fraction of sp³-hybridized carbons (Fsp3) is 0.222. The zero-order valence-electron chi connectivity index (χ0n) is 15.4. The van der Waals surface area contributed by atoms with Crippen LogP contribution in [0.3, 0.4) is 0 Å². The number of alkyl halides is 3. The number of carbonyl (C=O) groups is 1. The number of carbonyl (C=O) groups excluding carboxylic acids is 1. The number of rotatable bonds is 6. The lowest BCUT2D eigenvalue weighted by molar-refractivity contribution is -0.274. The van der Waals surface area contributed by atoms with Crippen LogP contribution in [0, 0.1) is 13.8 Å². The van der Waals surface area contributed by atoms with Crippen molar-refractivity contribution in [1.29, 1.82) is 0 Å². The van der Waals surface area contributed by atoms with E-state index in [1.807, 2.05) is 19.9 Å². The smallest absolute Gasteiger partial charge is 0.405 e. The number of aromatic nitrogens is 3. The fourth-order valence-corrected chi connectivity index (χ4v) is 3.14. The van der Waals surface area contributed by atoms with Gasteiger partial charge in [0.05, 0.1) is 0 Å². The molecule has 0 saturated carbocycles. The molecule has 7 nitrogen and oxygen atoms in total. The molecule has 1 aromatic carbocycles. The first-order chi connectivity index (χ1) is 13.7. The van der Waals surface area contributed by atoms with Crippen LogP contribution in [0.1, 0.15) is 27.4 Å². The number of amides is 1. The van der Waals surface area contributed by atoms with Gasteiger partial charge in [-0.3, -0.25) is 4.79 Å². The predicted molar refractivity (Wildman–Crippen MR) is 101 cm³/mol. The number of hydrogen-bond donors (Lipinski definition) is 2. The number of hydrogen-bond acceptors (Lipinski definition) is 7. The molecule has 11 heteroatoms. The first kappa shape index (κ1) is 20.5. The normalized spacial score (nSPS) is 11.2. The third-order valence-electron chi connectivity index (χ3n) is 3.58. The van der Waals surface area contributed by atoms with Gasteiger partial charge in [0.2, 0.25) is 5.95 Å². The maximum Gasteiger partial charge on any atom is 0.573 e. The van der Waals surface area contributed by atoms with E-state index in [2.05, 4.69) is 30.3 Å². The molecule has 2 N–H and O–H groups in total. The number of benzene rings is 1. The molecule has 2 heterocycles. The molecule has 3 rings (SSSR count). The Morgan fingerprint density at radius 3 is 2.52 bits per heavy atom. The van der Waals surface area contributed by atoms with Gasteiger partial charge in [0.25, 0.3) is 5.91 Å². The molecule has 0 aliphatic carbocycles. The van der Waals surface area contributed by atoms with E-state index in [4.69, 9.17) is 0 Å². The van der Waals surface area contributed by atoms with E-state index in [1.54, 1.807) is 6.07 Å². The minimum Gasteiger partial charge on any atom is -0.405 e. The van der Waals surface area contributed by atoms with Gasteiger partial charge in [0.15, 0.2) is 5.13 Å². The Kier molecular flexibility index (Phi) is 5.97. The Labute approximate surface area is 168 Å². The summed E-state index contributed by atoms with van der Waals surface area (Å²) in [6, 6.07) is 7.42. The molecule has 0 unspecified atom stereocenters. The Bertz CT molecular complexity index is 1000. The molecule has 0 fully saturated rings. The van der Waals surface area contributed by atoms with Crippen molar-refractivity contribution in [2.45, 2.75) is 26.8 Å². The van der Waals surface area contributed by atoms with Gasteiger partial charge in [-0.05, 0) is 26.0 Å². The number of ether oxygens (including phenoxy) is 1. The van der Waals surface area contributed by atoms with Crippen molar-refractivity contribution in [3.05, 3.63) is 58.4 Å². The largest absolute Gasteiger partial charge is 0.573 e. The van der Waals surface area contributed by atoms with Gasteiger partial charge in [-0.15, -0.1) is 24.5 Å². The Balaban J connectivity index is 1.64. The quantitative estimate of drug-likeness (QED) is 0.620. The van der Waals surface area contributed by atoms with Crippen molar-refractivity contribution in [1.82, 2.24) is 20.3 Å². The van der Waals surface area contributed by atoms with Gasteiger partial charge in [-0.2, -0.15) is 0 Å². The van der Waals surface area contributed by atoms with Crippen LogP contribution in [0.5, 0.6) is 5.75 Å². The molecule has 0 radical (unpaired) electrons. The van der Waals surface area contributed by atoms with E-state index < -0.39 is 12.3 Å². The standard InChI is InChI=1S/C18H16F3N5O2S/c1-10-7-11(2)24-16(23-10)26-17-25-13(9-29-17)15(27)22-8-12-5-3-4-6-14(12)28-18(19,20)21/h3-7,9H,8H2,1-2H3,(H,22,27)(H,23,24,25,26). The molecule has 0 saturated heterocycles. The highest BCUT2D eigenvalue weighted by Crippen LogP contribution is 2.26. The minimum atomic E-state index is -4.81. The average Bonchev–Trinajstić information content (AvgIpc) is 3.07. The van der Waals surface area contributed by atoms with E-state index in [0.29, 0.717) is 11.1 Å². The fourth-order valence-electron chi connectivity index (χ4n) is 2.45. The highest BCUT2D eigenvalue weighted by atomic mass is 32.1. The molecule has 152 valence electrons. The van der Waals surface area contributed by atoms with E-state index in [-0.39, 0.29) is 23.6 Å². The van der Waals surface area contributed by atoms with Gasteiger partial charge in [0.1, 0.15) is 11.4 Å². The van der Waals surface area contributed by atoms with Crippen molar-refractivity contribution in [3.63, 3.8) is 0 Å². The topological polar surface area (TPSA) is 89.0 Å². The lowest BCUT2D eigenvalue weighted by Gasteiger charge is -2.13. The van der Waals surface area contributed by atoms with Crippen molar-refractivity contribution < 1.29 is 22.7 Å². The first-order valence-corrected chi connectivity index (χ1v) is 9.24. The lowest BCUT2D eigenvalue weighted by Crippen LogP contribution is -2.24. The summed E-state index contributed by atoms with van der Waals surface area (Å²) in [6.07, 6.45) is -4.81. The molecule has 2 aromatic heterocycles. The first-order valence-electron chi connectivity index (χ1n) is 8.36. The van der Waals surface area contributed by atoms with Crippen LogP contribution in [0.15, 0.2) is 35.7 Å². The van der Waals surface area contributed by atoms with Crippen LogP contribution in [0.2, 0.25) is 0 Å². The second kappa shape index (κ2) is 8.43. The molecular weight excluding hydrogens is 407 g/mol. The van der Waals surface area contributed by atoms with Crippen molar-refractivity contribution in [2.75, 3.05) is 5.32 Å². The van der Waals surface area contributed by atoms with E-state index >= 15 is 0 Å². The second-order valence-electron chi connectivity index (χ2n) is 5.98. The molecule has 0 aliphatic rings. The van der Waals surface area contributed by atoms with Crippen LogP contribution in [-0.4, -0.2) is 27.2 Å². The highest BCUT2D eigenvalue weighted by Gasteiger charge is 2.32. The Hall–Kier alpha value is -3.21. The Morgan fingerprint density at radius 1 is 1.14 bits per heavy atom. The van der Waals surface area contributed by atoms with Crippen LogP contribution in [-0.2, 0) is 6.54 Å². The summed E-state index contributed by atoms with van der Waals surface area (Å²) in [6.45, 7) is 3.52. The zero-order valence-corrected chi connectivity index (χ0v) is 16.2. The maximum absolute atomic E-state index is 12.5. The SMILES string of the molecule is Cc1cc(C)nc(Nc2nc(C(=O)NCc3ccccc3OC(F)(F)F)cs2)n1. The summed E-state index contributed by atoms with van der Waals surface area (Å²) in [7, 11) is 0. The molecule has 1 amide bonds. The molecule has 0 bridgehead atoms. The van der Waals surface area contributed by atoms with E-state index in [9.17, 15) is 18.0 Å². The Morgan fingerprint density at radius 2 is 1.83 bits per heavy atom. The van der Waals surface area contributed by atoms with Gasteiger partial charge >= 0.3 is 6.36 Å². The summed E-state index contributed by atoms with van der Waals surface area (Å²) < 4.78 is 41.4. The van der Waals surface area contributed by atoms with Crippen LogP contribution in [0.4, 0.5) is 24.3 Å². The van der Waals surface area contributed by atoms with Crippen LogP contribution >= 0.6 is 11.3 Å². The number of para-hydroxylation sites is 1. The number of thiazole rings is 1. The third kappa shape index (κ3) is 5.88. The summed E-state index contributed by atoms with van der Waals surface area (Å²) in [5.74, 6) is -0.535. The summed E-state index contributed by atoms with van der Waals surface area (Å²) in [4.78, 5) is 24.9. The van der Waals surface area contributed by atoms with Crippen molar-refractivity contribution >= 4 is 28.3 Å². The average molecular weight is 423 g/mol. The summed E-state index contributed by atoms with van der Waals surface area (Å²) in [5.41, 5.74) is 1.88. The highest BCUT2D eigenvalue weighted by molar-refractivity contribution is 7.14. The maximum atomic E-state index is 12.5. The summed E-state index contributed by atoms with van der Waals surface area (Å²) in [5, 5.41) is 7.41. The molecule has 0 spiro atoms. The van der Waals surface area contributed by atoms with Crippen LogP contribution < -0.4 is 15.4 Å². The van der Waals surface area contributed by atoms with Crippen molar-refractivity contribution in [3.8, 4) is 5.75 Å². The number of halogens is 3. The number of nitrogens with zero attached hydrogens (tertiary/aromatic N) is 3. The van der Waals surface area contributed by atoms with E-state index in [0.717, 1.165) is 11.4 Å². The molecule has 0 aliphatic heterocycles. The van der Waals surface area contributed by atoms with Gasteiger partial charge in [0, 0.05) is 28.9 Å².